The van der Waals surface area contributed by atoms with Crippen molar-refractivity contribution in [2.24, 2.45) is 0 Å². The fraction of sp³-hybridized carbons (Fsp3) is 0.133. The molecule has 19 heavy (non-hydrogen) atoms. The minimum absolute atomic E-state index is 0.254. The molecular weight excluding hydrogens is 243 g/mol. The van der Waals surface area contributed by atoms with E-state index in [1.807, 2.05) is 31.1 Å². The van der Waals surface area contributed by atoms with Crippen molar-refractivity contribution in [1.82, 2.24) is 0 Å². The summed E-state index contributed by atoms with van der Waals surface area (Å²) in [7, 11) is 3.86. The van der Waals surface area contributed by atoms with E-state index < -0.39 is 0 Å². The Labute approximate surface area is 111 Å². The first-order chi connectivity index (χ1) is 9.06. The fourth-order valence-electron chi connectivity index (χ4n) is 1.68. The SMILES string of the molecule is CN(C)c1ccc(C(=O)Nc2cccc(F)c2)cc1. The molecule has 3 nitrogen and oxygen atoms in total. The Kier molecular flexibility index (Phi) is 3.80. The van der Waals surface area contributed by atoms with Crippen LogP contribution in [0.1, 0.15) is 10.4 Å². The number of hydrogen-bond acceptors (Lipinski definition) is 2. The first-order valence-electron chi connectivity index (χ1n) is 5.90. The Morgan fingerprint density at radius 1 is 1.11 bits per heavy atom. The molecule has 2 aromatic carbocycles. The molecule has 1 amide bonds. The number of nitrogens with one attached hydrogen (secondary N) is 1. The lowest BCUT2D eigenvalue weighted by Crippen LogP contribution is -2.13. The number of halogens is 1. The minimum atomic E-state index is -0.374. The lowest BCUT2D eigenvalue weighted by molar-refractivity contribution is 0.102. The first-order valence-corrected chi connectivity index (χ1v) is 5.90. The molecule has 0 saturated carbocycles. The topological polar surface area (TPSA) is 32.3 Å². The maximum Gasteiger partial charge on any atom is 0.255 e. The fourth-order valence-corrected chi connectivity index (χ4v) is 1.68. The number of nitrogens with zero attached hydrogens (tertiary/aromatic N) is 1. The molecule has 0 aliphatic rings. The standard InChI is InChI=1S/C15H15FN2O/c1-18(2)14-8-6-11(7-9-14)15(19)17-13-5-3-4-12(16)10-13/h3-10H,1-2H3,(H,17,19). The summed E-state index contributed by atoms with van der Waals surface area (Å²) in [4.78, 5) is 13.9. The first kappa shape index (κ1) is 13.1. The molecule has 0 aliphatic heterocycles. The molecule has 1 N–H and O–H groups in total. The highest BCUT2D eigenvalue weighted by Crippen LogP contribution is 2.14. The van der Waals surface area contributed by atoms with Gasteiger partial charge in [-0.05, 0) is 42.5 Å². The molecule has 0 radical (unpaired) electrons. The summed E-state index contributed by atoms with van der Waals surface area (Å²) in [5.74, 6) is -0.628. The normalized spacial score (nSPS) is 10.1. The molecule has 0 spiro atoms. The van der Waals surface area contributed by atoms with Crippen molar-refractivity contribution in [2.45, 2.75) is 0 Å². The second-order valence-electron chi connectivity index (χ2n) is 4.41. The second-order valence-corrected chi connectivity index (χ2v) is 4.41. The van der Waals surface area contributed by atoms with E-state index in [0.29, 0.717) is 11.3 Å². The number of rotatable bonds is 3. The van der Waals surface area contributed by atoms with Gasteiger partial charge in [-0.25, -0.2) is 4.39 Å². The van der Waals surface area contributed by atoms with Crippen molar-refractivity contribution >= 4 is 17.3 Å². The Hall–Kier alpha value is -2.36. The molecule has 0 aliphatic carbocycles. The van der Waals surface area contributed by atoms with Crippen LogP contribution in [0, 0.1) is 5.82 Å². The maximum atomic E-state index is 13.0. The molecular formula is C15H15FN2O. The maximum absolute atomic E-state index is 13.0. The summed E-state index contributed by atoms with van der Waals surface area (Å²) in [6.07, 6.45) is 0. The molecule has 2 rings (SSSR count). The molecule has 0 atom stereocenters. The van der Waals surface area contributed by atoms with Crippen molar-refractivity contribution < 1.29 is 9.18 Å². The summed E-state index contributed by atoms with van der Waals surface area (Å²) in [6.45, 7) is 0. The zero-order valence-electron chi connectivity index (χ0n) is 10.9. The van der Waals surface area contributed by atoms with Crippen LogP contribution < -0.4 is 10.2 Å². The van der Waals surface area contributed by atoms with Crippen LogP contribution in [0.4, 0.5) is 15.8 Å². The van der Waals surface area contributed by atoms with Gasteiger partial charge in [-0.1, -0.05) is 6.07 Å². The van der Waals surface area contributed by atoms with Crippen molar-refractivity contribution in [3.63, 3.8) is 0 Å². The van der Waals surface area contributed by atoms with E-state index >= 15 is 0 Å². The number of anilines is 2. The van der Waals surface area contributed by atoms with E-state index in [0.717, 1.165) is 5.69 Å². The van der Waals surface area contributed by atoms with Crippen LogP contribution in [-0.2, 0) is 0 Å². The zero-order chi connectivity index (χ0) is 13.8. The third-order valence-electron chi connectivity index (χ3n) is 2.73. The van der Waals surface area contributed by atoms with E-state index in [1.165, 1.54) is 12.1 Å². The molecule has 0 heterocycles. The van der Waals surface area contributed by atoms with Crippen LogP contribution in [0.15, 0.2) is 48.5 Å². The van der Waals surface area contributed by atoms with Gasteiger partial charge in [-0.2, -0.15) is 0 Å². The van der Waals surface area contributed by atoms with Crippen LogP contribution in [0.3, 0.4) is 0 Å². The zero-order valence-corrected chi connectivity index (χ0v) is 10.9. The Bertz CT molecular complexity index is 579. The number of carbonyl (C=O) groups is 1. The van der Waals surface area contributed by atoms with Crippen LogP contribution in [0.5, 0.6) is 0 Å². The third kappa shape index (κ3) is 3.31. The summed E-state index contributed by atoms with van der Waals surface area (Å²) >= 11 is 0. The number of carbonyl (C=O) groups excluding carboxylic acids is 1. The molecule has 98 valence electrons. The quantitative estimate of drug-likeness (QED) is 0.917. The van der Waals surface area contributed by atoms with E-state index in [2.05, 4.69) is 5.32 Å². The lowest BCUT2D eigenvalue weighted by Gasteiger charge is -2.12. The van der Waals surface area contributed by atoms with Crippen LogP contribution >= 0.6 is 0 Å². The van der Waals surface area contributed by atoms with Crippen molar-refractivity contribution in [3.05, 3.63) is 59.9 Å². The van der Waals surface area contributed by atoms with E-state index in [4.69, 9.17) is 0 Å². The number of benzene rings is 2. The highest BCUT2D eigenvalue weighted by atomic mass is 19.1. The average molecular weight is 258 g/mol. The lowest BCUT2D eigenvalue weighted by atomic mass is 10.2. The van der Waals surface area contributed by atoms with Crippen molar-refractivity contribution in [2.75, 3.05) is 24.3 Å². The highest BCUT2D eigenvalue weighted by molar-refractivity contribution is 6.04. The summed E-state index contributed by atoms with van der Waals surface area (Å²) in [6, 6.07) is 13.0. The van der Waals surface area contributed by atoms with Gasteiger partial charge in [-0.3, -0.25) is 4.79 Å². The molecule has 4 heteroatoms. The van der Waals surface area contributed by atoms with Gasteiger partial charge in [0, 0.05) is 31.0 Å². The predicted molar refractivity (Wildman–Crippen MR) is 75.1 cm³/mol. The summed E-state index contributed by atoms with van der Waals surface area (Å²) < 4.78 is 13.0. The Morgan fingerprint density at radius 3 is 2.37 bits per heavy atom. The Morgan fingerprint density at radius 2 is 1.79 bits per heavy atom. The molecule has 0 fully saturated rings. The number of hydrogen-bond donors (Lipinski definition) is 1. The van der Waals surface area contributed by atoms with Gasteiger partial charge >= 0.3 is 0 Å². The van der Waals surface area contributed by atoms with Gasteiger partial charge in [0.05, 0.1) is 0 Å². The molecule has 2 aromatic rings. The second kappa shape index (κ2) is 5.52. The van der Waals surface area contributed by atoms with Gasteiger partial charge in [-0.15, -0.1) is 0 Å². The van der Waals surface area contributed by atoms with Crippen LogP contribution in [0.25, 0.3) is 0 Å². The van der Waals surface area contributed by atoms with Crippen molar-refractivity contribution in [3.8, 4) is 0 Å². The smallest absolute Gasteiger partial charge is 0.255 e. The largest absolute Gasteiger partial charge is 0.378 e. The molecule has 0 bridgehead atoms. The summed E-state index contributed by atoms with van der Waals surface area (Å²) in [5, 5.41) is 2.66. The van der Waals surface area contributed by atoms with Crippen molar-refractivity contribution in [1.29, 1.82) is 0 Å². The molecule has 0 saturated heterocycles. The summed E-state index contributed by atoms with van der Waals surface area (Å²) in [5.41, 5.74) is 2.00. The monoisotopic (exact) mass is 258 g/mol. The van der Waals surface area contributed by atoms with Crippen LogP contribution in [0.2, 0.25) is 0 Å². The van der Waals surface area contributed by atoms with E-state index in [9.17, 15) is 9.18 Å². The van der Waals surface area contributed by atoms with Gasteiger partial charge in [0.15, 0.2) is 0 Å². The highest BCUT2D eigenvalue weighted by Gasteiger charge is 2.06. The third-order valence-corrected chi connectivity index (χ3v) is 2.73. The average Bonchev–Trinajstić information content (AvgIpc) is 2.39. The van der Waals surface area contributed by atoms with E-state index in [1.54, 1.807) is 24.3 Å². The van der Waals surface area contributed by atoms with Gasteiger partial charge in [0.25, 0.3) is 5.91 Å². The van der Waals surface area contributed by atoms with E-state index in [-0.39, 0.29) is 11.7 Å². The Balaban J connectivity index is 2.11. The van der Waals surface area contributed by atoms with Crippen LogP contribution in [-0.4, -0.2) is 20.0 Å². The minimum Gasteiger partial charge on any atom is -0.378 e. The van der Waals surface area contributed by atoms with Gasteiger partial charge in [0.2, 0.25) is 0 Å². The molecule has 0 unspecified atom stereocenters. The molecule has 0 aromatic heterocycles. The predicted octanol–water partition coefficient (Wildman–Crippen LogP) is 3.14. The van der Waals surface area contributed by atoms with Gasteiger partial charge < -0.3 is 10.2 Å². The number of amides is 1. The van der Waals surface area contributed by atoms with Gasteiger partial charge in [0.1, 0.15) is 5.82 Å².